The molecule has 2 nitrogen and oxygen atoms in total. The Hall–Kier alpha value is -1.12. The summed E-state index contributed by atoms with van der Waals surface area (Å²) in [6, 6.07) is 10.5. The van der Waals surface area contributed by atoms with E-state index >= 15 is 0 Å². The second-order valence-electron chi connectivity index (χ2n) is 4.13. The number of benzene rings is 1. The first-order chi connectivity index (χ1) is 7.45. The van der Waals surface area contributed by atoms with Crippen molar-refractivity contribution in [2.24, 2.45) is 0 Å². The third-order valence-electron chi connectivity index (χ3n) is 2.92. The summed E-state index contributed by atoms with van der Waals surface area (Å²) in [4.78, 5) is 1.71. The average molecular weight is 204 g/mol. The Morgan fingerprint density at radius 3 is 2.60 bits per heavy atom. The number of hydrogen-bond donors (Lipinski definition) is 2. The Morgan fingerprint density at radius 1 is 1.13 bits per heavy atom. The first-order valence-electron chi connectivity index (χ1n) is 5.82. The van der Waals surface area contributed by atoms with Gasteiger partial charge in [-0.2, -0.15) is 0 Å². The van der Waals surface area contributed by atoms with Gasteiger partial charge in [0.1, 0.15) is 26.2 Å². The van der Waals surface area contributed by atoms with Crippen molar-refractivity contribution >= 4 is 6.08 Å². The molecule has 1 saturated heterocycles. The third-order valence-corrected chi connectivity index (χ3v) is 2.92. The summed E-state index contributed by atoms with van der Waals surface area (Å²) in [6.07, 6.45) is 4.53. The highest BCUT2D eigenvalue weighted by atomic mass is 15.2. The quantitative estimate of drug-likeness (QED) is 0.641. The second-order valence-corrected chi connectivity index (χ2v) is 4.13. The van der Waals surface area contributed by atoms with Gasteiger partial charge in [0, 0.05) is 0 Å². The summed E-state index contributed by atoms with van der Waals surface area (Å²) in [5, 5.41) is 2.41. The molecule has 0 aromatic heterocycles. The summed E-state index contributed by atoms with van der Waals surface area (Å²) in [5.74, 6) is 0. The highest BCUT2D eigenvalue weighted by Gasteiger charge is 2.12. The van der Waals surface area contributed by atoms with E-state index < -0.39 is 0 Å². The van der Waals surface area contributed by atoms with Crippen LogP contribution in [0.5, 0.6) is 0 Å². The number of nitrogens with one attached hydrogen (secondary N) is 1. The lowest BCUT2D eigenvalue weighted by molar-refractivity contribution is -0.942. The van der Waals surface area contributed by atoms with Gasteiger partial charge in [-0.1, -0.05) is 36.4 Å². The van der Waals surface area contributed by atoms with Gasteiger partial charge in [0.2, 0.25) is 0 Å². The van der Waals surface area contributed by atoms with Gasteiger partial charge < -0.3 is 10.2 Å². The number of piperazine rings is 1. The highest BCUT2D eigenvalue weighted by molar-refractivity contribution is 5.48. The lowest BCUT2D eigenvalue weighted by Crippen LogP contribution is -3.20. The number of hydrogen-bond acceptors (Lipinski definition) is 0. The number of quaternary nitrogens is 2. The molecule has 1 fully saturated rings. The van der Waals surface area contributed by atoms with Crippen molar-refractivity contribution in [2.45, 2.75) is 0 Å². The summed E-state index contributed by atoms with van der Waals surface area (Å²) >= 11 is 0. The van der Waals surface area contributed by atoms with E-state index in [-0.39, 0.29) is 0 Å². The molecule has 2 rings (SSSR count). The summed E-state index contributed by atoms with van der Waals surface area (Å²) in [7, 11) is 0. The van der Waals surface area contributed by atoms with Crippen LogP contribution in [-0.4, -0.2) is 32.7 Å². The lowest BCUT2D eigenvalue weighted by atomic mass is 10.2. The maximum Gasteiger partial charge on any atom is 0.127 e. The monoisotopic (exact) mass is 204 g/mol. The molecule has 0 saturated carbocycles. The number of rotatable bonds is 3. The second kappa shape index (κ2) is 5.69. The van der Waals surface area contributed by atoms with Gasteiger partial charge in [0.05, 0.1) is 6.54 Å². The molecule has 0 atom stereocenters. The molecule has 0 bridgehead atoms. The third kappa shape index (κ3) is 3.50. The van der Waals surface area contributed by atoms with E-state index in [1.54, 1.807) is 4.90 Å². The van der Waals surface area contributed by atoms with Crippen LogP contribution in [0.1, 0.15) is 5.56 Å². The molecular formula is C13H20N2+2. The molecule has 15 heavy (non-hydrogen) atoms. The molecule has 1 aliphatic heterocycles. The zero-order valence-electron chi connectivity index (χ0n) is 9.15. The smallest absolute Gasteiger partial charge is 0.127 e. The Labute approximate surface area is 91.6 Å². The largest absolute Gasteiger partial charge is 0.337 e. The van der Waals surface area contributed by atoms with Gasteiger partial charge in [-0.05, 0) is 11.6 Å². The fourth-order valence-electron chi connectivity index (χ4n) is 2.01. The van der Waals surface area contributed by atoms with Gasteiger partial charge >= 0.3 is 0 Å². The molecule has 3 N–H and O–H groups in total. The van der Waals surface area contributed by atoms with Crippen molar-refractivity contribution in [2.75, 3.05) is 32.7 Å². The summed E-state index contributed by atoms with van der Waals surface area (Å²) in [5.41, 5.74) is 1.31. The Balaban J connectivity index is 1.79. The molecule has 1 aromatic carbocycles. The summed E-state index contributed by atoms with van der Waals surface area (Å²) in [6.45, 7) is 6.35. The normalized spacial score (nSPS) is 18.4. The number of nitrogens with two attached hydrogens (primary N) is 1. The van der Waals surface area contributed by atoms with Crippen molar-refractivity contribution in [3.63, 3.8) is 0 Å². The zero-order chi connectivity index (χ0) is 10.3. The van der Waals surface area contributed by atoms with Crippen molar-refractivity contribution in [3.8, 4) is 0 Å². The Morgan fingerprint density at radius 2 is 1.87 bits per heavy atom. The Bertz CT molecular complexity index is 300. The van der Waals surface area contributed by atoms with E-state index in [1.165, 1.54) is 38.3 Å². The molecule has 1 aromatic rings. The van der Waals surface area contributed by atoms with E-state index in [1.807, 2.05) is 0 Å². The van der Waals surface area contributed by atoms with Crippen molar-refractivity contribution in [3.05, 3.63) is 42.0 Å². The van der Waals surface area contributed by atoms with E-state index in [0.717, 1.165) is 0 Å². The average Bonchev–Trinajstić information content (AvgIpc) is 2.32. The van der Waals surface area contributed by atoms with Crippen LogP contribution in [-0.2, 0) is 0 Å². The predicted molar refractivity (Wildman–Crippen MR) is 62.7 cm³/mol. The van der Waals surface area contributed by atoms with E-state index in [2.05, 4.69) is 47.8 Å². The minimum Gasteiger partial charge on any atom is -0.337 e. The van der Waals surface area contributed by atoms with Crippen LogP contribution >= 0.6 is 0 Å². The molecule has 0 radical (unpaired) electrons. The van der Waals surface area contributed by atoms with Crippen LogP contribution in [0.3, 0.4) is 0 Å². The van der Waals surface area contributed by atoms with Gasteiger partial charge in [-0.15, -0.1) is 0 Å². The molecule has 0 aliphatic carbocycles. The fraction of sp³-hybridized carbons (Fsp3) is 0.385. The molecular weight excluding hydrogens is 184 g/mol. The van der Waals surface area contributed by atoms with E-state index in [0.29, 0.717) is 0 Å². The van der Waals surface area contributed by atoms with E-state index in [4.69, 9.17) is 0 Å². The van der Waals surface area contributed by atoms with Crippen molar-refractivity contribution in [1.29, 1.82) is 0 Å². The van der Waals surface area contributed by atoms with Crippen molar-refractivity contribution in [1.82, 2.24) is 0 Å². The highest BCUT2D eigenvalue weighted by Crippen LogP contribution is 1.99. The molecule has 0 spiro atoms. The predicted octanol–water partition coefficient (Wildman–Crippen LogP) is -0.838. The van der Waals surface area contributed by atoms with Gasteiger partial charge in [-0.25, -0.2) is 0 Å². The van der Waals surface area contributed by atoms with Crippen LogP contribution < -0.4 is 10.2 Å². The van der Waals surface area contributed by atoms with E-state index in [9.17, 15) is 0 Å². The van der Waals surface area contributed by atoms with Crippen LogP contribution in [0.4, 0.5) is 0 Å². The van der Waals surface area contributed by atoms with Gasteiger partial charge in [-0.3, -0.25) is 0 Å². The molecule has 0 amide bonds. The summed E-state index contributed by atoms with van der Waals surface area (Å²) < 4.78 is 0. The van der Waals surface area contributed by atoms with Crippen LogP contribution in [0.25, 0.3) is 6.08 Å². The molecule has 80 valence electrons. The first-order valence-corrected chi connectivity index (χ1v) is 5.82. The van der Waals surface area contributed by atoms with Gasteiger partial charge in [0.15, 0.2) is 0 Å². The SMILES string of the molecule is C(=C\c1ccccc1)/C[NH+]1CC[NH2+]CC1. The minimum atomic E-state index is 1.17. The Kier molecular flexibility index (Phi) is 3.94. The fourth-order valence-corrected chi connectivity index (χ4v) is 2.01. The minimum absolute atomic E-state index is 1.17. The molecule has 1 aliphatic rings. The van der Waals surface area contributed by atoms with Crippen LogP contribution in [0.15, 0.2) is 36.4 Å². The standard InChI is InChI=1S/C13H18N2/c1-2-5-13(6-3-1)7-4-10-15-11-8-14-9-12-15/h1-7,14H,8-12H2/p+2/b7-4+. The zero-order valence-corrected chi connectivity index (χ0v) is 9.15. The molecule has 2 heteroatoms. The first kappa shape index (κ1) is 10.4. The maximum absolute atomic E-state index is 2.41. The molecule has 0 unspecified atom stereocenters. The van der Waals surface area contributed by atoms with Gasteiger partial charge in [0.25, 0.3) is 0 Å². The van der Waals surface area contributed by atoms with Crippen molar-refractivity contribution < 1.29 is 10.2 Å². The molecule has 1 heterocycles. The van der Waals surface area contributed by atoms with Crippen LogP contribution in [0.2, 0.25) is 0 Å². The maximum atomic E-state index is 2.41. The topological polar surface area (TPSA) is 21.1 Å². The van der Waals surface area contributed by atoms with Crippen LogP contribution in [0, 0.1) is 0 Å². The lowest BCUT2D eigenvalue weighted by Gasteiger charge is -2.20.